The van der Waals surface area contributed by atoms with Gasteiger partial charge in [0.2, 0.25) is 0 Å². The third-order valence-electron chi connectivity index (χ3n) is 8.64. The Morgan fingerprint density at radius 2 is 1.02 bits per heavy atom. The van der Waals surface area contributed by atoms with Crippen LogP contribution < -0.4 is 0 Å². The van der Waals surface area contributed by atoms with Crippen molar-refractivity contribution in [3.63, 3.8) is 0 Å². The molecule has 0 N–H and O–H groups in total. The van der Waals surface area contributed by atoms with Crippen LogP contribution in [0.25, 0.3) is 0 Å². The van der Waals surface area contributed by atoms with Crippen molar-refractivity contribution in [3.8, 4) is 0 Å². The maximum atomic E-state index is 6.23. The van der Waals surface area contributed by atoms with Crippen LogP contribution in [0.1, 0.15) is 181 Å². The fourth-order valence-corrected chi connectivity index (χ4v) is 5.68. The van der Waals surface area contributed by atoms with Crippen molar-refractivity contribution < 1.29 is 9.47 Å². The van der Waals surface area contributed by atoms with E-state index in [4.69, 9.17) is 9.47 Å². The van der Waals surface area contributed by atoms with Crippen LogP contribution in [0.15, 0.2) is 48.1 Å². The molecule has 0 aromatic heterocycles. The molecule has 0 aromatic carbocycles. The van der Waals surface area contributed by atoms with Gasteiger partial charge in [-0.3, -0.25) is 0 Å². The molecule has 0 fully saturated rings. The molecule has 0 amide bonds. The summed E-state index contributed by atoms with van der Waals surface area (Å²) in [6.45, 7) is 10.2. The van der Waals surface area contributed by atoms with Crippen LogP contribution in [0.3, 0.4) is 0 Å². The molecule has 0 saturated carbocycles. The number of ether oxygens (including phenoxy) is 2. The Labute approximate surface area is 289 Å². The average molecular weight is 644 g/mol. The van der Waals surface area contributed by atoms with Gasteiger partial charge in [-0.05, 0) is 98.1 Å². The van der Waals surface area contributed by atoms with Gasteiger partial charge >= 0.3 is 0 Å². The van der Waals surface area contributed by atoms with Gasteiger partial charge in [-0.25, -0.2) is 0 Å². The first-order chi connectivity index (χ1) is 22.6. The average Bonchev–Trinajstić information content (AvgIpc) is 3.04. The summed E-state index contributed by atoms with van der Waals surface area (Å²) in [6.07, 6.45) is 49.0. The molecule has 0 aliphatic carbocycles. The molecule has 0 heterocycles. The Morgan fingerprint density at radius 3 is 1.59 bits per heavy atom. The van der Waals surface area contributed by atoms with Crippen LogP contribution in [0.2, 0.25) is 0 Å². The van der Waals surface area contributed by atoms with Crippen molar-refractivity contribution in [2.45, 2.75) is 187 Å². The molecule has 1 unspecified atom stereocenters. The fraction of sp³-hybridized carbons (Fsp3) is 0.814. The molecule has 0 aliphatic rings. The minimum Gasteiger partial charge on any atom is -0.379 e. The predicted molar refractivity (Wildman–Crippen MR) is 207 cm³/mol. The van der Waals surface area contributed by atoms with Crippen molar-refractivity contribution >= 4 is 0 Å². The Kier molecular flexibility index (Phi) is 37.3. The molecule has 1 atom stereocenters. The highest BCUT2D eigenvalue weighted by atomic mass is 16.5. The van der Waals surface area contributed by atoms with Crippen molar-refractivity contribution in [2.24, 2.45) is 0 Å². The van der Waals surface area contributed by atoms with Crippen molar-refractivity contribution in [1.82, 2.24) is 4.90 Å². The van der Waals surface area contributed by atoms with E-state index in [9.17, 15) is 0 Å². The van der Waals surface area contributed by atoms with Gasteiger partial charge in [0.1, 0.15) is 0 Å². The maximum Gasteiger partial charge on any atom is 0.0934 e. The Morgan fingerprint density at radius 1 is 0.543 bits per heavy atom. The monoisotopic (exact) mass is 644 g/mol. The van der Waals surface area contributed by atoms with Crippen LogP contribution >= 0.6 is 0 Å². The van der Waals surface area contributed by atoms with Gasteiger partial charge in [0.15, 0.2) is 0 Å². The molecule has 0 spiro atoms. The van der Waals surface area contributed by atoms with E-state index >= 15 is 0 Å². The first-order valence-corrected chi connectivity index (χ1v) is 20.0. The minimum absolute atomic E-state index is 0.188. The summed E-state index contributed by atoms with van der Waals surface area (Å²) in [4.78, 5) is 2.22. The molecular formula is C43H81NO2. The molecule has 0 radical (unpaired) electrons. The number of rotatable bonds is 36. The van der Waals surface area contributed by atoms with E-state index < -0.39 is 0 Å². The summed E-state index contributed by atoms with van der Waals surface area (Å²) < 4.78 is 12.3. The summed E-state index contributed by atoms with van der Waals surface area (Å²) >= 11 is 0. The highest BCUT2D eigenvalue weighted by Crippen LogP contribution is 2.12. The van der Waals surface area contributed by atoms with Crippen molar-refractivity contribution in [3.05, 3.63) is 48.1 Å². The number of allylic oxidation sites excluding steroid dienone is 8. The van der Waals surface area contributed by atoms with Gasteiger partial charge in [-0.2, -0.15) is 0 Å². The second-order valence-corrected chi connectivity index (χ2v) is 13.9. The third-order valence-corrected chi connectivity index (χ3v) is 8.64. The lowest BCUT2D eigenvalue weighted by molar-refractivity contribution is -0.0287. The van der Waals surface area contributed by atoms with Crippen LogP contribution in [0, 0.1) is 0 Å². The Bertz CT molecular complexity index is 708. The summed E-state index contributed by atoms with van der Waals surface area (Å²) in [5.74, 6) is 0. The van der Waals surface area contributed by atoms with E-state index in [0.717, 1.165) is 39.2 Å². The molecule has 3 nitrogen and oxygen atoms in total. The molecule has 46 heavy (non-hydrogen) atoms. The van der Waals surface area contributed by atoms with Crippen LogP contribution in [-0.4, -0.2) is 51.5 Å². The largest absolute Gasteiger partial charge is 0.379 e. The van der Waals surface area contributed by atoms with E-state index in [1.807, 2.05) is 0 Å². The standard InChI is InChI=1S/C43H81NO2/c1-6-8-10-12-13-14-15-16-17-18-19-20-21-25-28-31-35-39-46-43(40-44(4)5)41-45-38-34-30-27-24-22-23-26-29-33-37-42(3)36-32-11-9-7-2/h13-14,16-17,29,33,36,43H,6-12,15,18-28,30-32,34-35,37-41H2,1-5H3/b14-13-,17-16-,33-29-,42-36+. The smallest absolute Gasteiger partial charge is 0.0934 e. The lowest BCUT2D eigenvalue weighted by Crippen LogP contribution is -2.32. The molecule has 0 bridgehead atoms. The van der Waals surface area contributed by atoms with E-state index in [1.165, 1.54) is 153 Å². The van der Waals surface area contributed by atoms with Gasteiger partial charge in [-0.15, -0.1) is 0 Å². The number of likely N-dealkylation sites (N-methyl/N-ethyl adjacent to an activating group) is 1. The second-order valence-electron chi connectivity index (χ2n) is 13.9. The van der Waals surface area contributed by atoms with E-state index in [0.29, 0.717) is 0 Å². The lowest BCUT2D eigenvalue weighted by atomic mass is 10.1. The van der Waals surface area contributed by atoms with Crippen LogP contribution in [0.5, 0.6) is 0 Å². The lowest BCUT2D eigenvalue weighted by Gasteiger charge is -2.21. The van der Waals surface area contributed by atoms with Crippen LogP contribution in [-0.2, 0) is 9.47 Å². The quantitative estimate of drug-likeness (QED) is 0.0501. The van der Waals surface area contributed by atoms with Crippen molar-refractivity contribution in [1.29, 1.82) is 0 Å². The van der Waals surface area contributed by atoms with Gasteiger partial charge < -0.3 is 14.4 Å². The topological polar surface area (TPSA) is 21.7 Å². The zero-order valence-electron chi connectivity index (χ0n) is 31.9. The molecule has 0 aliphatic heterocycles. The molecular weight excluding hydrogens is 562 g/mol. The highest BCUT2D eigenvalue weighted by molar-refractivity contribution is 5.04. The number of hydrogen-bond donors (Lipinski definition) is 0. The zero-order valence-corrected chi connectivity index (χ0v) is 31.9. The van der Waals surface area contributed by atoms with Gasteiger partial charge in [0.05, 0.1) is 12.7 Å². The molecule has 0 saturated heterocycles. The minimum atomic E-state index is 0.188. The summed E-state index contributed by atoms with van der Waals surface area (Å²) in [5.41, 5.74) is 1.52. The SMILES string of the molecule is CCCCC/C=C\C/C=C\CCCCCCCCCOC(COCCCCCCCC/C=C\C/C(C)=C/CCCCC)CN(C)C. The van der Waals surface area contributed by atoms with E-state index in [1.54, 1.807) is 0 Å². The highest BCUT2D eigenvalue weighted by Gasteiger charge is 2.10. The zero-order chi connectivity index (χ0) is 33.6. The Hall–Kier alpha value is -1.16. The number of unbranched alkanes of at least 4 members (excludes halogenated alkanes) is 19. The number of nitrogens with zero attached hydrogens (tertiary/aromatic N) is 1. The molecule has 270 valence electrons. The normalized spacial score (nSPS) is 13.4. The maximum absolute atomic E-state index is 6.23. The number of hydrogen-bond acceptors (Lipinski definition) is 3. The first-order valence-electron chi connectivity index (χ1n) is 20.0. The van der Waals surface area contributed by atoms with Crippen molar-refractivity contribution in [2.75, 3.05) is 40.5 Å². The molecule has 3 heteroatoms. The molecule has 0 rings (SSSR count). The van der Waals surface area contributed by atoms with E-state index in [-0.39, 0.29) is 6.10 Å². The second kappa shape index (κ2) is 38.3. The fourth-order valence-electron chi connectivity index (χ4n) is 5.68. The van der Waals surface area contributed by atoms with E-state index in [2.05, 4.69) is 82.3 Å². The third kappa shape index (κ3) is 37.3. The van der Waals surface area contributed by atoms with Gasteiger partial charge in [0.25, 0.3) is 0 Å². The predicted octanol–water partition coefficient (Wildman–Crippen LogP) is 13.4. The summed E-state index contributed by atoms with van der Waals surface area (Å²) in [7, 11) is 4.25. The van der Waals surface area contributed by atoms with Crippen LogP contribution in [0.4, 0.5) is 0 Å². The van der Waals surface area contributed by atoms with Gasteiger partial charge in [0, 0.05) is 19.8 Å². The first kappa shape index (κ1) is 44.8. The summed E-state index contributed by atoms with van der Waals surface area (Å²) in [6, 6.07) is 0. The summed E-state index contributed by atoms with van der Waals surface area (Å²) in [5, 5.41) is 0. The Balaban J connectivity index is 3.61. The van der Waals surface area contributed by atoms with Gasteiger partial charge in [-0.1, -0.05) is 145 Å². The molecule has 0 aromatic rings.